The molecule has 0 radical (unpaired) electrons. The summed E-state index contributed by atoms with van der Waals surface area (Å²) in [6.45, 7) is 0. The topological polar surface area (TPSA) is 21.3 Å². The van der Waals surface area contributed by atoms with Crippen molar-refractivity contribution in [2.45, 2.75) is 0 Å². The van der Waals surface area contributed by atoms with E-state index in [1.807, 2.05) is 23.5 Å². The number of aromatic nitrogens is 1. The van der Waals surface area contributed by atoms with Crippen molar-refractivity contribution < 1.29 is 4.42 Å². The van der Waals surface area contributed by atoms with E-state index in [2.05, 4.69) is 179 Å². The average Bonchev–Trinajstić information content (AvgIpc) is 3.88. The third kappa shape index (κ3) is 4.51. The highest BCUT2D eigenvalue weighted by atomic mass is 32.1. The van der Waals surface area contributed by atoms with Crippen LogP contribution in [0.5, 0.6) is 0 Å². The maximum atomic E-state index is 6.21. The summed E-state index contributed by atoms with van der Waals surface area (Å²) >= 11 is 1.85. The number of thiophene rings is 1. The van der Waals surface area contributed by atoms with Crippen molar-refractivity contribution in [3.05, 3.63) is 182 Å². The first kappa shape index (κ1) is 29.1. The Bertz CT molecular complexity index is 2960. The highest BCUT2D eigenvalue weighted by Gasteiger charge is 2.18. The summed E-state index contributed by atoms with van der Waals surface area (Å²) in [5, 5.41) is 7.35. The van der Waals surface area contributed by atoms with Crippen LogP contribution in [-0.2, 0) is 0 Å². The quantitative estimate of drug-likeness (QED) is 0.180. The molecule has 0 bridgehead atoms. The zero-order valence-corrected chi connectivity index (χ0v) is 28.8. The van der Waals surface area contributed by atoms with Gasteiger partial charge in [-0.25, -0.2) is 0 Å². The van der Waals surface area contributed by atoms with E-state index in [4.69, 9.17) is 4.42 Å². The van der Waals surface area contributed by atoms with Gasteiger partial charge in [-0.1, -0.05) is 97.1 Å². The molecular weight excluding hydrogens is 653 g/mol. The molecule has 0 spiro atoms. The lowest BCUT2D eigenvalue weighted by atomic mass is 10.0. The zero-order chi connectivity index (χ0) is 34.2. The van der Waals surface area contributed by atoms with Gasteiger partial charge in [-0.3, -0.25) is 0 Å². The normalized spacial score (nSPS) is 11.8. The summed E-state index contributed by atoms with van der Waals surface area (Å²) in [6, 6.07) is 65.6. The van der Waals surface area contributed by atoms with Crippen LogP contribution >= 0.6 is 11.3 Å². The molecule has 0 saturated carbocycles. The van der Waals surface area contributed by atoms with Gasteiger partial charge in [0.05, 0.1) is 11.0 Å². The number of hydrogen-bond donors (Lipinski definition) is 0. The molecule has 8 aromatic carbocycles. The number of rotatable bonds is 5. The fourth-order valence-electron chi connectivity index (χ4n) is 7.96. The van der Waals surface area contributed by atoms with Crippen molar-refractivity contribution in [1.82, 2.24) is 4.57 Å². The first-order valence-corrected chi connectivity index (χ1v) is 18.4. The molecule has 0 N–H and O–H groups in total. The summed E-state index contributed by atoms with van der Waals surface area (Å²) in [5.74, 6) is 0. The van der Waals surface area contributed by atoms with Gasteiger partial charge in [0.2, 0.25) is 0 Å². The Hall–Kier alpha value is -6.62. The van der Waals surface area contributed by atoms with Crippen LogP contribution in [-0.4, -0.2) is 4.57 Å². The van der Waals surface area contributed by atoms with E-state index >= 15 is 0 Å². The fraction of sp³-hybridized carbons (Fsp3) is 0. The Kier molecular flexibility index (Phi) is 6.42. The second-order valence-corrected chi connectivity index (χ2v) is 14.4. The minimum Gasteiger partial charge on any atom is -0.456 e. The maximum absolute atomic E-state index is 6.21. The number of furan rings is 1. The summed E-state index contributed by atoms with van der Waals surface area (Å²) in [7, 11) is 0. The summed E-state index contributed by atoms with van der Waals surface area (Å²) in [6.07, 6.45) is 0. The minimum atomic E-state index is 0.892. The van der Waals surface area contributed by atoms with Crippen LogP contribution in [0, 0.1) is 0 Å². The molecule has 0 aliphatic rings. The molecule has 0 saturated heterocycles. The van der Waals surface area contributed by atoms with Gasteiger partial charge in [-0.05, 0) is 96.1 Å². The Labute approximate surface area is 303 Å². The number of benzene rings is 8. The number of para-hydroxylation sites is 3. The van der Waals surface area contributed by atoms with E-state index in [1.54, 1.807) is 0 Å². The van der Waals surface area contributed by atoms with Gasteiger partial charge in [-0.15, -0.1) is 11.3 Å². The van der Waals surface area contributed by atoms with Crippen LogP contribution in [0.15, 0.2) is 186 Å². The Balaban J connectivity index is 1.01. The second kappa shape index (κ2) is 11.5. The van der Waals surface area contributed by atoms with Crippen molar-refractivity contribution in [2.24, 2.45) is 0 Å². The molecule has 0 fully saturated rings. The van der Waals surface area contributed by atoms with Gasteiger partial charge in [0.1, 0.15) is 11.2 Å². The minimum absolute atomic E-state index is 0.892. The third-order valence-electron chi connectivity index (χ3n) is 10.4. The lowest BCUT2D eigenvalue weighted by Crippen LogP contribution is -2.09. The van der Waals surface area contributed by atoms with Crippen LogP contribution in [0.25, 0.3) is 80.7 Å². The first-order valence-electron chi connectivity index (χ1n) is 17.6. The van der Waals surface area contributed by atoms with Crippen LogP contribution in [0.4, 0.5) is 17.1 Å². The smallest absolute Gasteiger partial charge is 0.135 e. The van der Waals surface area contributed by atoms with E-state index < -0.39 is 0 Å². The molecule has 0 amide bonds. The molecule has 3 heterocycles. The lowest BCUT2D eigenvalue weighted by Gasteiger charge is -2.26. The van der Waals surface area contributed by atoms with Crippen molar-refractivity contribution in [2.75, 3.05) is 4.90 Å². The van der Waals surface area contributed by atoms with E-state index in [0.29, 0.717) is 0 Å². The Morgan fingerprint density at radius 2 is 0.904 bits per heavy atom. The van der Waals surface area contributed by atoms with Crippen LogP contribution in [0.3, 0.4) is 0 Å². The molecule has 11 rings (SSSR count). The van der Waals surface area contributed by atoms with Gasteiger partial charge >= 0.3 is 0 Å². The number of fused-ring (bicyclic) bond motifs is 9. The van der Waals surface area contributed by atoms with Crippen molar-refractivity contribution in [3.8, 4) is 16.8 Å². The van der Waals surface area contributed by atoms with Gasteiger partial charge in [0.15, 0.2) is 0 Å². The molecular formula is C48H30N2OS. The molecule has 52 heavy (non-hydrogen) atoms. The summed E-state index contributed by atoms with van der Waals surface area (Å²) in [5.41, 5.74) is 11.0. The van der Waals surface area contributed by atoms with Crippen molar-refractivity contribution in [3.63, 3.8) is 0 Å². The predicted octanol–water partition coefficient (Wildman–Crippen LogP) is 14.2. The van der Waals surface area contributed by atoms with Crippen LogP contribution in [0.2, 0.25) is 0 Å². The molecule has 3 aromatic heterocycles. The van der Waals surface area contributed by atoms with Crippen LogP contribution < -0.4 is 4.90 Å². The molecule has 11 aromatic rings. The lowest BCUT2D eigenvalue weighted by molar-refractivity contribution is 0.669. The number of anilines is 3. The van der Waals surface area contributed by atoms with Gasteiger partial charge in [0, 0.05) is 64.5 Å². The van der Waals surface area contributed by atoms with E-state index in [9.17, 15) is 0 Å². The van der Waals surface area contributed by atoms with Crippen molar-refractivity contribution in [1.29, 1.82) is 0 Å². The van der Waals surface area contributed by atoms with E-state index in [0.717, 1.165) is 44.7 Å². The highest BCUT2D eigenvalue weighted by Crippen LogP contribution is 2.43. The molecule has 244 valence electrons. The molecule has 0 aliphatic heterocycles. The van der Waals surface area contributed by atoms with Crippen molar-refractivity contribution >= 4 is 92.3 Å². The zero-order valence-electron chi connectivity index (χ0n) is 28.0. The number of hydrogen-bond acceptors (Lipinski definition) is 3. The fourth-order valence-corrected chi connectivity index (χ4v) is 9.05. The first-order chi connectivity index (χ1) is 25.8. The largest absolute Gasteiger partial charge is 0.456 e. The predicted molar refractivity (Wildman–Crippen MR) is 221 cm³/mol. The standard InChI is InChI=1S/C48H30N2OS/c1-5-13-43-37(9-1)38-10-2-6-14-44(38)50(43)34-23-19-32(20-24-34)31-17-21-33(22-18-31)49(35-25-27-46-41(29-35)39-11-3-7-15-45(39)51-46)36-26-28-48-42(30-36)40-12-4-8-16-47(40)52-48/h1-30H. The van der Waals surface area contributed by atoms with Crippen LogP contribution in [0.1, 0.15) is 0 Å². The SMILES string of the molecule is c1ccc2c(c1)oc1ccc(N(c3ccc(-c4ccc(-n5c6ccccc6c6ccccc65)cc4)cc3)c3ccc4sc5ccccc5c4c3)cc12. The Morgan fingerprint density at radius 3 is 1.63 bits per heavy atom. The molecule has 0 unspecified atom stereocenters. The summed E-state index contributed by atoms with van der Waals surface area (Å²) < 4.78 is 11.2. The van der Waals surface area contributed by atoms with E-state index in [1.165, 1.54) is 53.1 Å². The maximum Gasteiger partial charge on any atom is 0.135 e. The van der Waals surface area contributed by atoms with Gasteiger partial charge in [-0.2, -0.15) is 0 Å². The Morgan fingerprint density at radius 1 is 0.385 bits per heavy atom. The average molecular weight is 683 g/mol. The molecule has 0 atom stereocenters. The molecule has 3 nitrogen and oxygen atoms in total. The summed E-state index contributed by atoms with van der Waals surface area (Å²) in [4.78, 5) is 2.36. The number of nitrogens with zero attached hydrogens (tertiary/aromatic N) is 2. The molecule has 4 heteroatoms. The third-order valence-corrected chi connectivity index (χ3v) is 11.6. The van der Waals surface area contributed by atoms with Gasteiger partial charge < -0.3 is 13.9 Å². The highest BCUT2D eigenvalue weighted by molar-refractivity contribution is 7.25. The van der Waals surface area contributed by atoms with Gasteiger partial charge in [0.25, 0.3) is 0 Å². The molecule has 0 aliphatic carbocycles. The van der Waals surface area contributed by atoms with E-state index in [-0.39, 0.29) is 0 Å². The monoisotopic (exact) mass is 682 g/mol. The second-order valence-electron chi connectivity index (χ2n) is 13.4.